The lowest BCUT2D eigenvalue weighted by atomic mass is 10.1. The summed E-state index contributed by atoms with van der Waals surface area (Å²) in [5.74, 6) is 2.68. The number of ether oxygens (including phenoxy) is 3. The zero-order chi connectivity index (χ0) is 20.8. The molecule has 1 heterocycles. The monoisotopic (exact) mass is 405 g/mol. The molecule has 154 valence electrons. The van der Waals surface area contributed by atoms with E-state index in [0.717, 1.165) is 28.4 Å². The van der Waals surface area contributed by atoms with E-state index in [-0.39, 0.29) is 5.91 Å². The van der Waals surface area contributed by atoms with Gasteiger partial charge in [-0.15, -0.1) is 11.3 Å². The fraction of sp³-hybridized carbons (Fsp3) is 0.500. The van der Waals surface area contributed by atoms with Crippen molar-refractivity contribution in [3.05, 3.63) is 29.1 Å². The summed E-state index contributed by atoms with van der Waals surface area (Å²) in [5, 5.41) is 0. The first kappa shape index (κ1) is 22.1. The summed E-state index contributed by atoms with van der Waals surface area (Å²) in [6.45, 7) is 10.0. The molecule has 0 aliphatic carbocycles. The summed E-state index contributed by atoms with van der Waals surface area (Å²) in [5.41, 5.74) is 0.878. The van der Waals surface area contributed by atoms with Gasteiger partial charge < -0.3 is 19.1 Å². The molecule has 0 spiro atoms. The van der Waals surface area contributed by atoms with Crippen molar-refractivity contribution in [1.82, 2.24) is 4.90 Å². The summed E-state index contributed by atoms with van der Waals surface area (Å²) in [6, 6.07) is 7.64. The van der Waals surface area contributed by atoms with Crippen LogP contribution in [0.2, 0.25) is 0 Å². The summed E-state index contributed by atoms with van der Waals surface area (Å²) < 4.78 is 16.4. The Labute approximate surface area is 172 Å². The Hall–Kier alpha value is -2.21. The van der Waals surface area contributed by atoms with E-state index in [0.29, 0.717) is 29.1 Å². The van der Waals surface area contributed by atoms with Gasteiger partial charge in [-0.3, -0.25) is 4.79 Å². The van der Waals surface area contributed by atoms with Crippen LogP contribution in [0, 0.1) is 11.8 Å². The van der Waals surface area contributed by atoms with Gasteiger partial charge in [0, 0.05) is 23.5 Å². The molecule has 0 saturated carbocycles. The number of carbonyl (C=O) groups is 1. The smallest absolute Gasteiger partial charge is 0.263 e. The predicted molar refractivity (Wildman–Crippen MR) is 115 cm³/mol. The summed E-state index contributed by atoms with van der Waals surface area (Å²) in [4.78, 5) is 16.7. The maximum Gasteiger partial charge on any atom is 0.263 e. The summed E-state index contributed by atoms with van der Waals surface area (Å²) >= 11 is 1.47. The molecule has 0 N–H and O–H groups in total. The molecular weight excluding hydrogens is 374 g/mol. The standard InChI is InChI=1S/C22H31NO4S/c1-14(2)12-23(13-15(3)4)22(24)19-11-10-18(28-19)16-8-9-17(25-5)21(27-7)20(16)26-6/h8-11,14-15H,12-13H2,1-7H3. The lowest BCUT2D eigenvalue weighted by molar-refractivity contribution is 0.0720. The van der Waals surface area contributed by atoms with Crippen molar-refractivity contribution in [2.75, 3.05) is 34.4 Å². The second kappa shape index (κ2) is 9.82. The molecule has 0 fully saturated rings. The molecule has 0 atom stereocenters. The van der Waals surface area contributed by atoms with E-state index in [2.05, 4.69) is 27.7 Å². The minimum absolute atomic E-state index is 0.0816. The van der Waals surface area contributed by atoms with Crippen molar-refractivity contribution >= 4 is 17.2 Å². The molecule has 0 bridgehead atoms. The van der Waals surface area contributed by atoms with Crippen LogP contribution >= 0.6 is 11.3 Å². The van der Waals surface area contributed by atoms with Crippen molar-refractivity contribution in [2.45, 2.75) is 27.7 Å². The van der Waals surface area contributed by atoms with Crippen LogP contribution in [0.5, 0.6) is 17.2 Å². The van der Waals surface area contributed by atoms with Crippen LogP contribution in [0.25, 0.3) is 10.4 Å². The first-order chi connectivity index (χ1) is 13.3. The number of benzene rings is 1. The van der Waals surface area contributed by atoms with Gasteiger partial charge >= 0.3 is 0 Å². The van der Waals surface area contributed by atoms with Crippen LogP contribution in [-0.2, 0) is 0 Å². The fourth-order valence-corrected chi connectivity index (χ4v) is 4.17. The number of methoxy groups -OCH3 is 3. The molecule has 0 saturated heterocycles. The number of amides is 1. The zero-order valence-electron chi connectivity index (χ0n) is 17.9. The predicted octanol–water partition coefficient (Wildman–Crippen LogP) is 5.20. The van der Waals surface area contributed by atoms with Crippen molar-refractivity contribution in [3.63, 3.8) is 0 Å². The van der Waals surface area contributed by atoms with Gasteiger partial charge in [0.2, 0.25) is 5.75 Å². The molecule has 0 aliphatic heterocycles. The second-order valence-corrected chi connectivity index (χ2v) is 8.63. The minimum atomic E-state index is 0.0816. The fourth-order valence-electron chi connectivity index (χ4n) is 3.17. The maximum atomic E-state index is 13.1. The molecule has 2 aromatic rings. The Kier molecular flexibility index (Phi) is 7.75. The quantitative estimate of drug-likeness (QED) is 0.576. The Morgan fingerprint density at radius 2 is 1.50 bits per heavy atom. The highest BCUT2D eigenvalue weighted by Crippen LogP contribution is 2.45. The molecule has 1 amide bonds. The Morgan fingerprint density at radius 1 is 0.893 bits per heavy atom. The van der Waals surface area contributed by atoms with Crippen LogP contribution < -0.4 is 14.2 Å². The first-order valence-electron chi connectivity index (χ1n) is 9.50. The Morgan fingerprint density at radius 3 is 2.00 bits per heavy atom. The number of rotatable bonds is 9. The van der Waals surface area contributed by atoms with Gasteiger partial charge in [0.25, 0.3) is 5.91 Å². The van der Waals surface area contributed by atoms with Crippen LogP contribution in [0.1, 0.15) is 37.4 Å². The zero-order valence-corrected chi connectivity index (χ0v) is 18.7. The first-order valence-corrected chi connectivity index (χ1v) is 10.3. The van der Waals surface area contributed by atoms with Crippen LogP contribution in [0.3, 0.4) is 0 Å². The molecule has 28 heavy (non-hydrogen) atoms. The van der Waals surface area contributed by atoms with Crippen molar-refractivity contribution < 1.29 is 19.0 Å². The molecule has 0 unspecified atom stereocenters. The molecule has 1 aromatic carbocycles. The van der Waals surface area contributed by atoms with Gasteiger partial charge in [-0.25, -0.2) is 0 Å². The second-order valence-electron chi connectivity index (χ2n) is 7.54. The normalized spacial score (nSPS) is 11.0. The third-order valence-electron chi connectivity index (χ3n) is 4.24. The lowest BCUT2D eigenvalue weighted by Crippen LogP contribution is -2.36. The highest BCUT2D eigenvalue weighted by Gasteiger charge is 2.22. The molecule has 0 radical (unpaired) electrons. The van der Waals surface area contributed by atoms with Crippen LogP contribution in [0.4, 0.5) is 0 Å². The van der Waals surface area contributed by atoms with E-state index < -0.39 is 0 Å². The highest BCUT2D eigenvalue weighted by atomic mass is 32.1. The molecule has 1 aromatic heterocycles. The summed E-state index contributed by atoms with van der Waals surface area (Å²) in [6.07, 6.45) is 0. The van der Waals surface area contributed by atoms with Gasteiger partial charge in [0.15, 0.2) is 11.5 Å². The third-order valence-corrected chi connectivity index (χ3v) is 5.35. The van der Waals surface area contributed by atoms with Crippen molar-refractivity contribution in [3.8, 4) is 27.7 Å². The van der Waals surface area contributed by atoms with Gasteiger partial charge in [-0.05, 0) is 36.1 Å². The van der Waals surface area contributed by atoms with Crippen molar-refractivity contribution in [2.24, 2.45) is 11.8 Å². The number of hydrogen-bond donors (Lipinski definition) is 0. The number of thiophene rings is 1. The van der Waals surface area contributed by atoms with E-state index in [1.807, 2.05) is 29.2 Å². The third kappa shape index (κ3) is 4.98. The molecule has 2 rings (SSSR count). The lowest BCUT2D eigenvalue weighted by Gasteiger charge is -2.25. The van der Waals surface area contributed by atoms with Gasteiger partial charge in [-0.2, -0.15) is 0 Å². The van der Waals surface area contributed by atoms with Gasteiger partial charge in [0.05, 0.1) is 26.2 Å². The van der Waals surface area contributed by atoms with Crippen molar-refractivity contribution in [1.29, 1.82) is 0 Å². The van der Waals surface area contributed by atoms with E-state index in [4.69, 9.17) is 14.2 Å². The molecular formula is C22H31NO4S. The number of nitrogens with zero attached hydrogens (tertiary/aromatic N) is 1. The Bertz CT molecular complexity index is 788. The topological polar surface area (TPSA) is 48.0 Å². The highest BCUT2D eigenvalue weighted by molar-refractivity contribution is 7.17. The van der Waals surface area contributed by atoms with E-state index in [9.17, 15) is 4.79 Å². The Balaban J connectivity index is 2.39. The van der Waals surface area contributed by atoms with Gasteiger partial charge in [0.1, 0.15) is 0 Å². The van der Waals surface area contributed by atoms with Crippen LogP contribution in [0.15, 0.2) is 24.3 Å². The largest absolute Gasteiger partial charge is 0.493 e. The minimum Gasteiger partial charge on any atom is -0.493 e. The van der Waals surface area contributed by atoms with Gasteiger partial charge in [-0.1, -0.05) is 27.7 Å². The molecule has 5 nitrogen and oxygen atoms in total. The molecule has 6 heteroatoms. The number of hydrogen-bond acceptors (Lipinski definition) is 5. The van der Waals surface area contributed by atoms with E-state index in [1.54, 1.807) is 21.3 Å². The average molecular weight is 406 g/mol. The number of carbonyl (C=O) groups excluding carboxylic acids is 1. The maximum absolute atomic E-state index is 13.1. The molecule has 0 aliphatic rings. The summed E-state index contributed by atoms with van der Waals surface area (Å²) in [7, 11) is 4.79. The van der Waals surface area contributed by atoms with E-state index >= 15 is 0 Å². The van der Waals surface area contributed by atoms with Crippen LogP contribution in [-0.4, -0.2) is 45.2 Å². The van der Waals surface area contributed by atoms with E-state index in [1.165, 1.54) is 11.3 Å². The average Bonchev–Trinajstić information content (AvgIpc) is 3.14. The SMILES string of the molecule is COc1ccc(-c2ccc(C(=O)N(CC(C)C)CC(C)C)s2)c(OC)c1OC.